The van der Waals surface area contributed by atoms with Gasteiger partial charge in [0.1, 0.15) is 0 Å². The number of benzene rings is 1. The Morgan fingerprint density at radius 1 is 1.53 bits per heavy atom. The maximum absolute atomic E-state index is 10.2. The molecule has 0 aromatic heterocycles. The molecule has 2 N–H and O–H groups in total. The number of rotatable bonds is 4. The molecule has 0 fully saturated rings. The van der Waals surface area contributed by atoms with E-state index in [0.717, 1.165) is 16.2 Å². The van der Waals surface area contributed by atoms with Gasteiger partial charge in [-0.05, 0) is 18.2 Å². The quantitative estimate of drug-likeness (QED) is 0.838. The zero-order valence-corrected chi connectivity index (χ0v) is 10.0. The maximum Gasteiger partial charge on any atom is 0.328 e. The van der Waals surface area contributed by atoms with Gasteiger partial charge in [-0.3, -0.25) is 0 Å². The van der Waals surface area contributed by atoms with Gasteiger partial charge in [0, 0.05) is 27.8 Å². The number of aliphatic carboxylic acids is 1. The van der Waals surface area contributed by atoms with Crippen molar-refractivity contribution in [1.82, 2.24) is 0 Å². The molecule has 0 spiro atoms. The van der Waals surface area contributed by atoms with E-state index in [-0.39, 0.29) is 0 Å². The molecule has 1 rings (SSSR count). The number of anilines is 1. The van der Waals surface area contributed by atoms with E-state index < -0.39 is 5.97 Å². The molecular weight excluding hydrogens is 281 g/mol. The second kappa shape index (κ2) is 5.78. The smallest absolute Gasteiger partial charge is 0.328 e. The molecule has 0 amide bonds. The summed E-state index contributed by atoms with van der Waals surface area (Å²) in [5.41, 5.74) is 0.837. The fourth-order valence-corrected chi connectivity index (χ4v) is 1.85. The fourth-order valence-electron chi connectivity index (χ4n) is 0.992. The molecule has 0 aliphatic rings. The van der Waals surface area contributed by atoms with Crippen LogP contribution in [-0.2, 0) is 4.79 Å². The summed E-state index contributed by atoms with van der Waals surface area (Å²) in [4.78, 5) is 10.2. The zero-order chi connectivity index (χ0) is 11.3. The van der Waals surface area contributed by atoms with E-state index in [1.807, 2.05) is 6.07 Å². The first-order valence-electron chi connectivity index (χ1n) is 4.17. The first-order valence-corrected chi connectivity index (χ1v) is 5.34. The molecule has 0 saturated carbocycles. The molecule has 0 aliphatic heterocycles. The van der Waals surface area contributed by atoms with E-state index in [2.05, 4.69) is 21.2 Å². The number of halogens is 2. The van der Waals surface area contributed by atoms with Gasteiger partial charge in [-0.1, -0.05) is 33.6 Å². The van der Waals surface area contributed by atoms with Crippen LogP contribution in [0.3, 0.4) is 0 Å². The molecule has 1 aromatic rings. The Morgan fingerprint density at radius 2 is 2.27 bits per heavy atom. The van der Waals surface area contributed by atoms with E-state index >= 15 is 0 Å². The fraction of sp³-hybridized carbons (Fsp3) is 0.100. The predicted molar refractivity (Wildman–Crippen MR) is 64.4 cm³/mol. The van der Waals surface area contributed by atoms with Crippen LogP contribution in [0.25, 0.3) is 0 Å². The van der Waals surface area contributed by atoms with Crippen LogP contribution in [0.5, 0.6) is 0 Å². The minimum atomic E-state index is -0.955. The highest BCUT2D eigenvalue weighted by atomic mass is 79.9. The van der Waals surface area contributed by atoms with Gasteiger partial charge in [-0.25, -0.2) is 4.79 Å². The van der Waals surface area contributed by atoms with Crippen molar-refractivity contribution in [3.8, 4) is 0 Å². The lowest BCUT2D eigenvalue weighted by Crippen LogP contribution is -1.99. The van der Waals surface area contributed by atoms with E-state index in [4.69, 9.17) is 16.7 Å². The van der Waals surface area contributed by atoms with Gasteiger partial charge < -0.3 is 10.4 Å². The van der Waals surface area contributed by atoms with Gasteiger partial charge in [-0.15, -0.1) is 0 Å². The van der Waals surface area contributed by atoms with Gasteiger partial charge in [0.2, 0.25) is 0 Å². The van der Waals surface area contributed by atoms with Crippen LogP contribution in [0.15, 0.2) is 34.8 Å². The van der Waals surface area contributed by atoms with Crippen LogP contribution in [0.2, 0.25) is 5.02 Å². The van der Waals surface area contributed by atoms with Gasteiger partial charge in [0.25, 0.3) is 0 Å². The van der Waals surface area contributed by atoms with Crippen LogP contribution >= 0.6 is 27.5 Å². The van der Waals surface area contributed by atoms with Crippen molar-refractivity contribution in [2.75, 3.05) is 11.9 Å². The highest BCUT2D eigenvalue weighted by Crippen LogP contribution is 2.22. The molecule has 3 nitrogen and oxygen atoms in total. The first-order chi connectivity index (χ1) is 7.08. The standard InChI is InChI=1S/C10H9BrClNO2/c11-7-4-8(12)6-9(5-7)13-3-1-2-10(14)15/h1-2,4-6,13H,3H2,(H,14,15)/b2-1+. The Morgan fingerprint density at radius 3 is 2.87 bits per heavy atom. The summed E-state index contributed by atoms with van der Waals surface area (Å²) in [7, 11) is 0. The van der Waals surface area contributed by atoms with Crippen molar-refractivity contribution >= 4 is 39.2 Å². The van der Waals surface area contributed by atoms with E-state index in [0.29, 0.717) is 11.6 Å². The second-order valence-electron chi connectivity index (χ2n) is 2.78. The largest absolute Gasteiger partial charge is 0.478 e. The third-order valence-electron chi connectivity index (χ3n) is 1.55. The van der Waals surface area contributed by atoms with Gasteiger partial charge >= 0.3 is 5.97 Å². The molecule has 5 heteroatoms. The molecule has 0 bridgehead atoms. The Labute approximate surface area is 101 Å². The maximum atomic E-state index is 10.2. The number of carboxylic acids is 1. The normalized spacial score (nSPS) is 10.5. The zero-order valence-electron chi connectivity index (χ0n) is 7.71. The van der Waals surface area contributed by atoms with Gasteiger partial charge in [-0.2, -0.15) is 0 Å². The summed E-state index contributed by atoms with van der Waals surface area (Å²) in [6.07, 6.45) is 2.61. The summed E-state index contributed by atoms with van der Waals surface area (Å²) >= 11 is 9.14. The number of carbonyl (C=O) groups is 1. The number of hydrogen-bond acceptors (Lipinski definition) is 2. The Kier molecular flexibility index (Phi) is 4.65. The summed E-state index contributed by atoms with van der Waals surface area (Å²) in [5, 5.41) is 12.0. The van der Waals surface area contributed by atoms with Crippen LogP contribution in [0.1, 0.15) is 0 Å². The van der Waals surface area contributed by atoms with E-state index in [1.165, 1.54) is 6.08 Å². The molecule has 0 heterocycles. The average Bonchev–Trinajstić information content (AvgIpc) is 2.10. The first kappa shape index (κ1) is 12.1. The summed E-state index contributed by atoms with van der Waals surface area (Å²) in [6.45, 7) is 0.444. The second-order valence-corrected chi connectivity index (χ2v) is 4.13. The molecular formula is C10H9BrClNO2. The van der Waals surface area contributed by atoms with Crippen LogP contribution in [-0.4, -0.2) is 17.6 Å². The predicted octanol–water partition coefficient (Wildman–Crippen LogP) is 3.16. The lowest BCUT2D eigenvalue weighted by Gasteiger charge is -2.04. The average molecular weight is 291 g/mol. The minimum Gasteiger partial charge on any atom is -0.478 e. The summed E-state index contributed by atoms with van der Waals surface area (Å²) < 4.78 is 0.875. The van der Waals surface area contributed by atoms with Crippen molar-refractivity contribution in [3.63, 3.8) is 0 Å². The topological polar surface area (TPSA) is 49.3 Å². The van der Waals surface area contributed by atoms with E-state index in [9.17, 15) is 4.79 Å². The van der Waals surface area contributed by atoms with Crippen molar-refractivity contribution in [2.45, 2.75) is 0 Å². The molecule has 15 heavy (non-hydrogen) atoms. The van der Waals surface area contributed by atoms with Crippen molar-refractivity contribution in [1.29, 1.82) is 0 Å². The Balaban J connectivity index is 2.54. The van der Waals surface area contributed by atoms with Crippen molar-refractivity contribution in [3.05, 3.63) is 39.8 Å². The lowest BCUT2D eigenvalue weighted by atomic mass is 10.3. The Hall–Kier alpha value is -1.000. The number of hydrogen-bond donors (Lipinski definition) is 2. The molecule has 1 aromatic carbocycles. The summed E-state index contributed by atoms with van der Waals surface area (Å²) in [5.74, 6) is -0.955. The molecule has 0 saturated heterocycles. The third-order valence-corrected chi connectivity index (χ3v) is 2.22. The third kappa shape index (κ3) is 4.85. The summed E-state index contributed by atoms with van der Waals surface area (Å²) in [6, 6.07) is 5.40. The highest BCUT2D eigenvalue weighted by molar-refractivity contribution is 9.10. The molecule has 80 valence electrons. The minimum absolute atomic E-state index is 0.444. The molecule has 0 aliphatic carbocycles. The van der Waals surface area contributed by atoms with Crippen LogP contribution in [0.4, 0.5) is 5.69 Å². The SMILES string of the molecule is O=C(O)/C=C/CNc1cc(Cl)cc(Br)c1. The van der Waals surface area contributed by atoms with Gasteiger partial charge in [0.05, 0.1) is 0 Å². The number of carboxylic acid groups (broad SMARTS) is 1. The van der Waals surface area contributed by atoms with Gasteiger partial charge in [0.15, 0.2) is 0 Å². The highest BCUT2D eigenvalue weighted by Gasteiger charge is 1.95. The van der Waals surface area contributed by atoms with Crippen molar-refractivity contribution < 1.29 is 9.90 Å². The van der Waals surface area contributed by atoms with Crippen LogP contribution < -0.4 is 5.32 Å². The van der Waals surface area contributed by atoms with Crippen LogP contribution in [0, 0.1) is 0 Å². The molecule has 0 unspecified atom stereocenters. The lowest BCUT2D eigenvalue weighted by molar-refractivity contribution is -0.131. The Bertz CT molecular complexity index is 373. The molecule has 0 atom stereocenters. The monoisotopic (exact) mass is 289 g/mol. The van der Waals surface area contributed by atoms with E-state index in [1.54, 1.807) is 12.1 Å². The van der Waals surface area contributed by atoms with Crippen molar-refractivity contribution in [2.24, 2.45) is 0 Å². The number of nitrogens with one attached hydrogen (secondary N) is 1. The molecule has 0 radical (unpaired) electrons.